The van der Waals surface area contributed by atoms with Gasteiger partial charge in [0.05, 0.1) is 0 Å². The lowest BCUT2D eigenvalue weighted by Gasteiger charge is -2.18. The molecule has 0 aromatic rings. The van der Waals surface area contributed by atoms with Crippen LogP contribution in [-0.2, 0) is 28.6 Å². The predicted molar refractivity (Wildman–Crippen MR) is 311 cm³/mol. The molecule has 0 radical (unpaired) electrons. The number of hydrogen-bond acceptors (Lipinski definition) is 6. The monoisotopic (exact) mass is 1000 g/mol. The minimum absolute atomic E-state index is 0.0942. The Morgan fingerprint density at radius 1 is 0.292 bits per heavy atom. The average molecular weight is 1000 g/mol. The fourth-order valence-electron chi connectivity index (χ4n) is 8.30. The Morgan fingerprint density at radius 3 is 0.875 bits per heavy atom. The second-order valence-corrected chi connectivity index (χ2v) is 19.9. The van der Waals surface area contributed by atoms with Crippen LogP contribution < -0.4 is 0 Å². The minimum atomic E-state index is -0.799. The van der Waals surface area contributed by atoms with E-state index in [1.807, 2.05) is 0 Å². The van der Waals surface area contributed by atoms with Gasteiger partial charge in [-0.05, 0) is 103 Å². The second kappa shape index (κ2) is 59.9. The summed E-state index contributed by atoms with van der Waals surface area (Å²) in [5.74, 6) is -0.938. The molecule has 0 heterocycles. The van der Waals surface area contributed by atoms with Crippen molar-refractivity contribution in [1.29, 1.82) is 0 Å². The maximum absolute atomic E-state index is 12.8. The van der Waals surface area contributed by atoms with E-state index < -0.39 is 6.10 Å². The number of carbonyl (C=O) groups excluding carboxylic acids is 3. The summed E-state index contributed by atoms with van der Waals surface area (Å²) >= 11 is 0. The Morgan fingerprint density at radius 2 is 0.542 bits per heavy atom. The van der Waals surface area contributed by atoms with Crippen molar-refractivity contribution in [2.24, 2.45) is 0 Å². The minimum Gasteiger partial charge on any atom is -0.462 e. The Kier molecular flexibility index (Phi) is 56.8. The number of carbonyl (C=O) groups is 3. The summed E-state index contributed by atoms with van der Waals surface area (Å²) in [6, 6.07) is 0. The van der Waals surface area contributed by atoms with Crippen LogP contribution in [0.15, 0.2) is 97.2 Å². The summed E-state index contributed by atoms with van der Waals surface area (Å²) in [4.78, 5) is 38.1. The standard InChI is InChI=1S/C66H112O6/c1-4-7-10-13-16-19-21-23-25-27-29-31-32-33-34-36-37-39-41-43-45-47-50-53-56-59-65(68)71-62-63(61-70-64(67)58-55-52-49-18-15-12-9-6-3)72-66(69)60-57-54-51-48-46-44-42-40-38-35-30-28-26-24-22-20-17-14-11-8-5-2/h8,11,17,20-21,23-24,26-27,29-30,35,40,42,46,48,63H,4-7,9-10,12-16,18-19,22,25,28,31-34,36-39,41,43-45,47,49-62H2,1-3H3/b11-8-,20-17-,23-21-,26-24-,29-27-,35-30-,42-40-,48-46-. The molecule has 0 rings (SSSR count). The third-order valence-electron chi connectivity index (χ3n) is 12.8. The van der Waals surface area contributed by atoms with Gasteiger partial charge in [0, 0.05) is 19.3 Å². The molecule has 0 saturated heterocycles. The van der Waals surface area contributed by atoms with Gasteiger partial charge >= 0.3 is 17.9 Å². The van der Waals surface area contributed by atoms with Gasteiger partial charge < -0.3 is 14.2 Å². The van der Waals surface area contributed by atoms with Gasteiger partial charge in [-0.2, -0.15) is 0 Å². The summed E-state index contributed by atoms with van der Waals surface area (Å²) in [5.41, 5.74) is 0. The molecule has 0 amide bonds. The zero-order valence-corrected chi connectivity index (χ0v) is 47.2. The number of ether oxygens (including phenoxy) is 3. The maximum Gasteiger partial charge on any atom is 0.306 e. The highest BCUT2D eigenvalue weighted by Crippen LogP contribution is 2.15. The Hall–Kier alpha value is -3.67. The van der Waals surface area contributed by atoms with Crippen molar-refractivity contribution >= 4 is 17.9 Å². The van der Waals surface area contributed by atoms with Crippen LogP contribution in [0, 0.1) is 0 Å². The summed E-state index contributed by atoms with van der Waals surface area (Å²) in [7, 11) is 0. The van der Waals surface area contributed by atoms with Gasteiger partial charge in [0.25, 0.3) is 0 Å². The molecule has 0 fully saturated rings. The topological polar surface area (TPSA) is 78.9 Å². The van der Waals surface area contributed by atoms with E-state index in [-0.39, 0.29) is 37.5 Å². The third kappa shape index (κ3) is 57.2. The molecule has 0 N–H and O–H groups in total. The lowest BCUT2D eigenvalue weighted by Crippen LogP contribution is -2.30. The first-order valence-electron chi connectivity index (χ1n) is 30.2. The van der Waals surface area contributed by atoms with Crippen molar-refractivity contribution in [3.63, 3.8) is 0 Å². The molecular formula is C66H112O6. The van der Waals surface area contributed by atoms with Gasteiger partial charge in [0.15, 0.2) is 6.10 Å². The van der Waals surface area contributed by atoms with Crippen LogP contribution in [0.1, 0.15) is 284 Å². The molecule has 6 heteroatoms. The van der Waals surface area contributed by atoms with Crippen LogP contribution in [0.4, 0.5) is 0 Å². The van der Waals surface area contributed by atoms with Crippen molar-refractivity contribution in [2.45, 2.75) is 290 Å². The first-order chi connectivity index (χ1) is 35.5. The Bertz CT molecular complexity index is 1430. The molecule has 0 aliphatic rings. The normalized spacial score (nSPS) is 12.8. The maximum atomic E-state index is 12.8. The van der Waals surface area contributed by atoms with Crippen molar-refractivity contribution in [3.8, 4) is 0 Å². The highest BCUT2D eigenvalue weighted by Gasteiger charge is 2.19. The van der Waals surface area contributed by atoms with E-state index in [0.29, 0.717) is 19.3 Å². The molecule has 6 nitrogen and oxygen atoms in total. The van der Waals surface area contributed by atoms with Crippen molar-refractivity contribution < 1.29 is 28.6 Å². The fourth-order valence-corrected chi connectivity index (χ4v) is 8.30. The second-order valence-electron chi connectivity index (χ2n) is 19.9. The lowest BCUT2D eigenvalue weighted by atomic mass is 10.0. The van der Waals surface area contributed by atoms with Gasteiger partial charge in [0.1, 0.15) is 13.2 Å². The largest absolute Gasteiger partial charge is 0.462 e. The van der Waals surface area contributed by atoms with E-state index in [1.54, 1.807) is 0 Å². The number of rotatable bonds is 54. The molecule has 0 aromatic heterocycles. The van der Waals surface area contributed by atoms with Crippen LogP contribution in [-0.4, -0.2) is 37.2 Å². The van der Waals surface area contributed by atoms with E-state index in [9.17, 15) is 14.4 Å². The van der Waals surface area contributed by atoms with Gasteiger partial charge in [-0.3, -0.25) is 14.4 Å². The van der Waals surface area contributed by atoms with E-state index >= 15 is 0 Å². The van der Waals surface area contributed by atoms with Crippen molar-refractivity contribution in [3.05, 3.63) is 97.2 Å². The Balaban J connectivity index is 4.27. The van der Waals surface area contributed by atoms with E-state index in [2.05, 4.69) is 118 Å². The summed E-state index contributed by atoms with van der Waals surface area (Å²) in [6.45, 7) is 6.46. The van der Waals surface area contributed by atoms with Crippen LogP contribution in [0.3, 0.4) is 0 Å². The van der Waals surface area contributed by atoms with Gasteiger partial charge in [0.2, 0.25) is 0 Å². The molecular weight excluding hydrogens is 889 g/mol. The third-order valence-corrected chi connectivity index (χ3v) is 12.8. The summed E-state index contributed by atoms with van der Waals surface area (Å²) < 4.78 is 16.8. The zero-order chi connectivity index (χ0) is 52.2. The fraction of sp³-hybridized carbons (Fsp3) is 0.712. The lowest BCUT2D eigenvalue weighted by molar-refractivity contribution is -0.167. The van der Waals surface area contributed by atoms with E-state index in [4.69, 9.17) is 14.2 Å². The summed E-state index contributed by atoms with van der Waals surface area (Å²) in [5, 5.41) is 0. The predicted octanol–water partition coefficient (Wildman–Crippen LogP) is 20.5. The van der Waals surface area contributed by atoms with Crippen LogP contribution in [0.25, 0.3) is 0 Å². The van der Waals surface area contributed by atoms with E-state index in [0.717, 1.165) is 96.3 Å². The molecule has 0 bridgehead atoms. The number of unbranched alkanes of at least 4 members (excludes halogenated alkanes) is 27. The Labute approximate surface area is 445 Å². The molecule has 0 aliphatic carbocycles. The van der Waals surface area contributed by atoms with Gasteiger partial charge in [-0.1, -0.05) is 259 Å². The van der Waals surface area contributed by atoms with Crippen molar-refractivity contribution in [2.75, 3.05) is 13.2 Å². The average Bonchev–Trinajstić information content (AvgIpc) is 3.38. The molecule has 0 aromatic carbocycles. The van der Waals surface area contributed by atoms with Gasteiger partial charge in [-0.15, -0.1) is 0 Å². The summed E-state index contributed by atoms with van der Waals surface area (Å²) in [6.07, 6.45) is 80.0. The molecule has 0 aliphatic heterocycles. The number of esters is 3. The number of hydrogen-bond donors (Lipinski definition) is 0. The molecule has 1 atom stereocenters. The molecule has 412 valence electrons. The van der Waals surface area contributed by atoms with Crippen LogP contribution in [0.5, 0.6) is 0 Å². The quantitative estimate of drug-likeness (QED) is 0.0261. The first-order valence-corrected chi connectivity index (χ1v) is 30.2. The first kappa shape index (κ1) is 68.3. The van der Waals surface area contributed by atoms with Crippen LogP contribution >= 0.6 is 0 Å². The molecule has 72 heavy (non-hydrogen) atoms. The zero-order valence-electron chi connectivity index (χ0n) is 47.2. The SMILES string of the molecule is CC/C=C\C/C=C\C/C=C\C/C=C\C/C=C\C/C=C\CCCCC(=O)OC(COC(=O)CCCCCCCCCC)COC(=O)CCCCCCCCCCCCCCC/C=C\C/C=C\CCCCCCC. The van der Waals surface area contributed by atoms with Gasteiger partial charge in [-0.25, -0.2) is 0 Å². The smallest absolute Gasteiger partial charge is 0.306 e. The molecule has 0 saturated carbocycles. The van der Waals surface area contributed by atoms with Crippen LogP contribution in [0.2, 0.25) is 0 Å². The molecule has 0 spiro atoms. The van der Waals surface area contributed by atoms with Crippen molar-refractivity contribution in [1.82, 2.24) is 0 Å². The number of allylic oxidation sites excluding steroid dienone is 16. The highest BCUT2D eigenvalue weighted by atomic mass is 16.6. The molecule has 1 unspecified atom stereocenters. The highest BCUT2D eigenvalue weighted by molar-refractivity contribution is 5.71. The van der Waals surface area contributed by atoms with E-state index in [1.165, 1.54) is 141 Å².